The second-order valence-electron chi connectivity index (χ2n) is 4.41. The van der Waals surface area contributed by atoms with Crippen molar-refractivity contribution in [2.75, 3.05) is 0 Å². The van der Waals surface area contributed by atoms with Crippen molar-refractivity contribution in [2.45, 2.75) is 13.8 Å². The van der Waals surface area contributed by atoms with Crippen LogP contribution in [0.15, 0.2) is 22.0 Å². The van der Waals surface area contributed by atoms with E-state index in [0.717, 1.165) is 18.9 Å². The van der Waals surface area contributed by atoms with Gasteiger partial charge in [-0.3, -0.25) is 14.4 Å². The number of aliphatic imine (C=N–C) groups is 1. The van der Waals surface area contributed by atoms with Gasteiger partial charge in [0.05, 0.1) is 8.48 Å². The minimum Gasteiger partial charge on any atom is -0.425 e. The van der Waals surface area contributed by atoms with Crippen molar-refractivity contribution in [3.63, 3.8) is 0 Å². The fourth-order valence-electron chi connectivity index (χ4n) is 1.69. The predicted molar refractivity (Wildman–Crippen MR) is 105 cm³/mol. The number of carbonyl (C=O) groups excluding carboxylic acids is 3. The average Bonchev–Trinajstić information content (AvgIpc) is 2.72. The zero-order chi connectivity index (χ0) is 17.1. The smallest absolute Gasteiger partial charge is 0.308 e. The molecule has 1 N–H and O–H groups in total. The monoisotopic (exact) mass is 556 g/mol. The third-order valence-electron chi connectivity index (χ3n) is 2.47. The van der Waals surface area contributed by atoms with Crippen LogP contribution in [0.3, 0.4) is 0 Å². The number of esters is 1. The Kier molecular flexibility index (Phi) is 6.19. The van der Waals surface area contributed by atoms with E-state index in [2.05, 4.69) is 55.5 Å². The van der Waals surface area contributed by atoms with Crippen molar-refractivity contribution in [2.24, 2.45) is 4.99 Å². The molecule has 1 aliphatic rings. The molecular formula is C14H10I2N2O4S. The van der Waals surface area contributed by atoms with E-state index in [0.29, 0.717) is 16.2 Å². The molecule has 1 aromatic rings. The second-order valence-corrected chi connectivity index (χ2v) is 7.85. The van der Waals surface area contributed by atoms with Crippen molar-refractivity contribution in [1.82, 2.24) is 5.32 Å². The van der Waals surface area contributed by atoms with Gasteiger partial charge in [0, 0.05) is 23.0 Å². The lowest BCUT2D eigenvalue weighted by molar-refractivity contribution is -0.132. The molecule has 9 heteroatoms. The number of thioether (sulfide) groups is 1. The Labute approximate surface area is 163 Å². The van der Waals surface area contributed by atoms with Crippen LogP contribution >= 0.6 is 56.9 Å². The summed E-state index contributed by atoms with van der Waals surface area (Å²) in [5, 5.41) is 2.72. The number of nitrogens with zero attached hydrogens (tertiary/aromatic N) is 1. The molecule has 1 aromatic carbocycles. The highest BCUT2D eigenvalue weighted by molar-refractivity contribution is 14.1. The van der Waals surface area contributed by atoms with Crippen LogP contribution in [0, 0.1) is 7.14 Å². The van der Waals surface area contributed by atoms with E-state index in [9.17, 15) is 14.4 Å². The SMILES string of the molecule is CC(=O)NC1=NC(=O)/C(=C/c2cc(I)cc(I)c2OC(C)=O)S1. The van der Waals surface area contributed by atoms with Crippen molar-refractivity contribution < 1.29 is 19.1 Å². The molecule has 0 saturated carbocycles. The van der Waals surface area contributed by atoms with Crippen LogP contribution in [0.2, 0.25) is 0 Å². The van der Waals surface area contributed by atoms with Gasteiger partial charge in [-0.25, -0.2) is 0 Å². The van der Waals surface area contributed by atoms with Gasteiger partial charge in [-0.15, -0.1) is 0 Å². The van der Waals surface area contributed by atoms with Gasteiger partial charge in [-0.2, -0.15) is 4.99 Å². The molecule has 0 atom stereocenters. The summed E-state index contributed by atoms with van der Waals surface area (Å²) in [6.45, 7) is 2.66. The number of ether oxygens (including phenoxy) is 1. The minimum absolute atomic E-state index is 0.239. The minimum atomic E-state index is -0.443. The van der Waals surface area contributed by atoms with E-state index in [1.165, 1.54) is 13.8 Å². The van der Waals surface area contributed by atoms with E-state index in [-0.39, 0.29) is 11.1 Å². The van der Waals surface area contributed by atoms with Crippen LogP contribution in [0.1, 0.15) is 19.4 Å². The zero-order valence-corrected chi connectivity index (χ0v) is 17.1. The van der Waals surface area contributed by atoms with Crippen molar-refractivity contribution in [1.29, 1.82) is 0 Å². The fraction of sp³-hybridized carbons (Fsp3) is 0.143. The second kappa shape index (κ2) is 7.75. The Bertz CT molecular complexity index is 774. The maximum absolute atomic E-state index is 11.9. The predicted octanol–water partition coefficient (Wildman–Crippen LogP) is 2.93. The number of nitrogens with one attached hydrogen (secondary N) is 1. The van der Waals surface area contributed by atoms with Crippen LogP contribution in [0.5, 0.6) is 5.75 Å². The number of hydrogen-bond acceptors (Lipinski definition) is 5. The summed E-state index contributed by atoms with van der Waals surface area (Å²) < 4.78 is 6.94. The highest BCUT2D eigenvalue weighted by Gasteiger charge is 2.23. The maximum atomic E-state index is 11.9. The number of carbonyl (C=O) groups is 3. The summed E-state index contributed by atoms with van der Waals surface area (Å²) in [4.78, 5) is 38.4. The summed E-state index contributed by atoms with van der Waals surface area (Å²) in [5.41, 5.74) is 0.603. The standard InChI is InChI=1S/C14H10I2N2O4S/c1-6(19)17-14-18-13(21)11(23-14)4-8-3-9(15)5-10(16)12(8)22-7(2)20/h3-5H,1-2H3,(H,17,18,19,21)/b11-4-. The first kappa shape index (κ1) is 18.4. The van der Waals surface area contributed by atoms with Crippen LogP contribution in [-0.2, 0) is 14.4 Å². The fourth-order valence-corrected chi connectivity index (χ4v) is 4.54. The van der Waals surface area contributed by atoms with Gasteiger partial charge in [0.15, 0.2) is 10.9 Å². The van der Waals surface area contributed by atoms with Crippen LogP contribution < -0.4 is 10.1 Å². The van der Waals surface area contributed by atoms with E-state index < -0.39 is 11.9 Å². The summed E-state index contributed by atoms with van der Waals surface area (Å²) >= 11 is 5.28. The Hall–Kier alpha value is -0.950. The van der Waals surface area contributed by atoms with Crippen molar-refractivity contribution in [3.05, 3.63) is 29.7 Å². The molecule has 1 aliphatic heterocycles. The summed E-state index contributed by atoms with van der Waals surface area (Å²) in [6.07, 6.45) is 1.61. The maximum Gasteiger partial charge on any atom is 0.308 e. The molecule has 0 unspecified atom stereocenters. The molecule has 0 aromatic heterocycles. The van der Waals surface area contributed by atoms with Gasteiger partial charge in [-0.1, -0.05) is 0 Å². The largest absolute Gasteiger partial charge is 0.425 e. The molecule has 23 heavy (non-hydrogen) atoms. The first-order chi connectivity index (χ1) is 10.8. The lowest BCUT2D eigenvalue weighted by atomic mass is 10.2. The van der Waals surface area contributed by atoms with Crippen LogP contribution in [0.4, 0.5) is 0 Å². The van der Waals surface area contributed by atoms with Gasteiger partial charge in [0.25, 0.3) is 5.91 Å². The van der Waals surface area contributed by atoms with Gasteiger partial charge < -0.3 is 10.1 Å². The quantitative estimate of drug-likeness (QED) is 0.262. The van der Waals surface area contributed by atoms with Crippen molar-refractivity contribution in [3.8, 4) is 5.75 Å². The molecule has 0 radical (unpaired) electrons. The molecular weight excluding hydrogens is 546 g/mol. The highest BCUT2D eigenvalue weighted by Crippen LogP contribution is 2.34. The molecule has 2 amide bonds. The Morgan fingerprint density at radius 1 is 1.30 bits per heavy atom. The first-order valence-corrected chi connectivity index (χ1v) is 9.21. The van der Waals surface area contributed by atoms with E-state index in [1.54, 1.807) is 12.1 Å². The van der Waals surface area contributed by atoms with E-state index >= 15 is 0 Å². The van der Waals surface area contributed by atoms with Crippen LogP contribution in [-0.4, -0.2) is 23.0 Å². The zero-order valence-electron chi connectivity index (χ0n) is 12.0. The molecule has 0 spiro atoms. The topological polar surface area (TPSA) is 84.8 Å². The van der Waals surface area contributed by atoms with E-state index in [4.69, 9.17) is 4.74 Å². The van der Waals surface area contributed by atoms with Crippen molar-refractivity contribution >= 4 is 86.0 Å². The van der Waals surface area contributed by atoms with Crippen LogP contribution in [0.25, 0.3) is 6.08 Å². The normalized spacial score (nSPS) is 15.6. The molecule has 0 bridgehead atoms. The molecule has 6 nitrogen and oxygen atoms in total. The summed E-state index contributed by atoms with van der Waals surface area (Å²) in [6, 6.07) is 3.67. The lowest BCUT2D eigenvalue weighted by Gasteiger charge is -2.09. The molecule has 2 rings (SSSR count). The number of hydrogen-bond donors (Lipinski definition) is 1. The highest BCUT2D eigenvalue weighted by atomic mass is 127. The van der Waals surface area contributed by atoms with Gasteiger partial charge in [0.1, 0.15) is 0 Å². The molecule has 1 heterocycles. The number of rotatable bonds is 2. The average molecular weight is 556 g/mol. The number of amides is 2. The Morgan fingerprint density at radius 2 is 2.00 bits per heavy atom. The third-order valence-corrected chi connectivity index (χ3v) is 4.80. The summed E-state index contributed by atoms with van der Waals surface area (Å²) in [5.74, 6) is -0.784. The van der Waals surface area contributed by atoms with Gasteiger partial charge in [0.2, 0.25) is 5.91 Å². The molecule has 0 saturated heterocycles. The molecule has 120 valence electrons. The molecule has 0 aliphatic carbocycles. The lowest BCUT2D eigenvalue weighted by Crippen LogP contribution is -2.23. The number of amidine groups is 1. The van der Waals surface area contributed by atoms with Gasteiger partial charge in [-0.05, 0) is 75.2 Å². The molecule has 0 fully saturated rings. The Balaban J connectivity index is 2.38. The van der Waals surface area contributed by atoms with Gasteiger partial charge >= 0.3 is 5.97 Å². The number of benzene rings is 1. The number of halogens is 2. The third kappa shape index (κ3) is 5.01. The Morgan fingerprint density at radius 3 is 2.61 bits per heavy atom. The summed E-state index contributed by atoms with van der Waals surface area (Å²) in [7, 11) is 0. The first-order valence-electron chi connectivity index (χ1n) is 6.24. The van der Waals surface area contributed by atoms with E-state index in [1.807, 2.05) is 6.07 Å².